The van der Waals surface area contributed by atoms with Gasteiger partial charge in [0.25, 0.3) is 0 Å². The van der Waals surface area contributed by atoms with Crippen LogP contribution in [0, 0.1) is 67.5 Å². The summed E-state index contributed by atoms with van der Waals surface area (Å²) < 4.78 is 0. The molecule has 9 rings (SSSR count). The van der Waals surface area contributed by atoms with Crippen molar-refractivity contribution >= 4 is 0 Å². The highest BCUT2D eigenvalue weighted by Gasteiger charge is 2.83. The Kier molecular flexibility index (Phi) is 3.58. The third-order valence-corrected chi connectivity index (χ3v) is 15.3. The van der Waals surface area contributed by atoms with E-state index in [2.05, 4.69) is 62.3 Å². The molecule has 9 atom stereocenters. The van der Waals surface area contributed by atoms with Crippen molar-refractivity contribution in [3.05, 3.63) is 0 Å². The van der Waals surface area contributed by atoms with Gasteiger partial charge in [0, 0.05) is 0 Å². The average molecular weight is 411 g/mol. The van der Waals surface area contributed by atoms with Gasteiger partial charge in [-0.05, 0) is 125 Å². The van der Waals surface area contributed by atoms with Crippen LogP contribution in [0.2, 0.25) is 0 Å². The lowest BCUT2D eigenvalue weighted by atomic mass is 9.17. The maximum Gasteiger partial charge on any atom is -0.0125 e. The maximum atomic E-state index is 2.86. The zero-order valence-electron chi connectivity index (χ0n) is 21.8. The molecule has 6 bridgehead atoms. The number of rotatable bonds is 2. The molecule has 0 N–H and O–H groups in total. The van der Waals surface area contributed by atoms with Gasteiger partial charge in [0.15, 0.2) is 0 Å². The van der Waals surface area contributed by atoms with E-state index in [0.717, 1.165) is 29.6 Å². The lowest BCUT2D eigenvalue weighted by Gasteiger charge is -2.87. The van der Waals surface area contributed by atoms with Crippen LogP contribution < -0.4 is 0 Å². The van der Waals surface area contributed by atoms with Crippen LogP contribution >= 0.6 is 0 Å². The first-order valence-corrected chi connectivity index (χ1v) is 13.7. The van der Waals surface area contributed by atoms with Gasteiger partial charge < -0.3 is 0 Å². The molecule has 0 saturated heterocycles. The van der Waals surface area contributed by atoms with Gasteiger partial charge in [0.2, 0.25) is 0 Å². The van der Waals surface area contributed by atoms with Crippen LogP contribution in [0.25, 0.3) is 0 Å². The molecular formula is C30H50. The lowest BCUT2D eigenvalue weighted by molar-refractivity contribution is -0.387. The Morgan fingerprint density at radius 3 is 1.47 bits per heavy atom. The Morgan fingerprint density at radius 1 is 0.533 bits per heavy atom. The molecule has 0 spiro atoms. The van der Waals surface area contributed by atoms with Crippen molar-refractivity contribution in [2.75, 3.05) is 0 Å². The predicted octanol–water partition coefficient (Wildman–Crippen LogP) is 8.74. The summed E-state index contributed by atoms with van der Waals surface area (Å²) in [6, 6.07) is 0. The highest BCUT2D eigenvalue weighted by molar-refractivity contribution is 5.31. The van der Waals surface area contributed by atoms with Gasteiger partial charge in [-0.15, -0.1) is 0 Å². The minimum atomic E-state index is 0.499. The summed E-state index contributed by atoms with van der Waals surface area (Å²) in [5, 5.41) is 0. The van der Waals surface area contributed by atoms with Crippen molar-refractivity contribution < 1.29 is 0 Å². The fourth-order valence-electron chi connectivity index (χ4n) is 13.2. The summed E-state index contributed by atoms with van der Waals surface area (Å²) in [4.78, 5) is 0. The van der Waals surface area contributed by atoms with E-state index < -0.39 is 0 Å². The average Bonchev–Trinajstić information content (AvgIpc) is 2.66. The first kappa shape index (κ1) is 20.6. The third-order valence-electron chi connectivity index (χ3n) is 15.3. The molecular weight excluding hydrogens is 360 g/mol. The van der Waals surface area contributed by atoms with Gasteiger partial charge in [-0.25, -0.2) is 0 Å². The first-order chi connectivity index (χ1) is 13.7. The molecule has 0 heterocycles. The van der Waals surface area contributed by atoms with Gasteiger partial charge in [-0.2, -0.15) is 0 Å². The van der Waals surface area contributed by atoms with Crippen LogP contribution in [0.4, 0.5) is 0 Å². The van der Waals surface area contributed by atoms with Crippen molar-refractivity contribution in [1.82, 2.24) is 0 Å². The largest absolute Gasteiger partial charge is 0.0594 e. The fraction of sp³-hybridized carbons (Fsp3) is 1.00. The smallest absolute Gasteiger partial charge is 0.0125 e. The van der Waals surface area contributed by atoms with E-state index >= 15 is 0 Å². The van der Waals surface area contributed by atoms with Crippen LogP contribution in [-0.4, -0.2) is 0 Å². The molecule has 0 nitrogen and oxygen atoms in total. The quantitative estimate of drug-likeness (QED) is 0.427. The highest BCUT2D eigenvalue weighted by atomic mass is 14.9. The van der Waals surface area contributed by atoms with E-state index in [1.165, 1.54) is 51.4 Å². The molecule has 0 aliphatic heterocycles. The minimum Gasteiger partial charge on any atom is -0.0594 e. The molecule has 0 aromatic heterocycles. The van der Waals surface area contributed by atoms with Crippen molar-refractivity contribution in [3.8, 4) is 0 Å². The minimum absolute atomic E-state index is 0.499. The SMILES string of the molecule is CC1(C)[C@@H]2CC[C@](C)([C@]3(C)CC[C@@H]4C[C@@]3([C@]3(C)CC[C@@H]5C[C@@H]3C5(C)C)C4(C)C)[C@@H]1C2. The van der Waals surface area contributed by atoms with E-state index in [9.17, 15) is 0 Å². The molecule has 9 aliphatic rings. The van der Waals surface area contributed by atoms with E-state index in [0.29, 0.717) is 37.9 Å². The Labute approximate surface area is 187 Å². The molecule has 9 fully saturated rings. The second-order valence-corrected chi connectivity index (χ2v) is 15.9. The summed E-state index contributed by atoms with van der Waals surface area (Å²) >= 11 is 0. The molecule has 0 aromatic carbocycles. The van der Waals surface area contributed by atoms with Gasteiger partial charge in [0.1, 0.15) is 0 Å². The number of hydrogen-bond donors (Lipinski definition) is 0. The predicted molar refractivity (Wildman–Crippen MR) is 127 cm³/mol. The van der Waals surface area contributed by atoms with Crippen LogP contribution in [0.15, 0.2) is 0 Å². The van der Waals surface area contributed by atoms with Crippen molar-refractivity contribution in [3.63, 3.8) is 0 Å². The second-order valence-electron chi connectivity index (χ2n) is 15.9. The number of hydrogen-bond acceptors (Lipinski definition) is 0. The summed E-state index contributed by atoms with van der Waals surface area (Å²) in [7, 11) is 0. The monoisotopic (exact) mass is 410 g/mol. The summed E-state index contributed by atoms with van der Waals surface area (Å²) in [5.74, 6) is 4.91. The van der Waals surface area contributed by atoms with Crippen LogP contribution in [0.3, 0.4) is 0 Å². The molecule has 0 aromatic rings. The van der Waals surface area contributed by atoms with E-state index in [-0.39, 0.29) is 0 Å². The molecule has 0 radical (unpaired) electrons. The lowest BCUT2D eigenvalue weighted by Crippen LogP contribution is -2.80. The van der Waals surface area contributed by atoms with E-state index in [1.54, 1.807) is 6.42 Å². The summed E-state index contributed by atoms with van der Waals surface area (Å²) in [6.45, 7) is 24.5. The fourth-order valence-corrected chi connectivity index (χ4v) is 13.2. The maximum absolute atomic E-state index is 2.86. The van der Waals surface area contributed by atoms with E-state index in [4.69, 9.17) is 0 Å². The van der Waals surface area contributed by atoms with Crippen molar-refractivity contribution in [2.24, 2.45) is 67.5 Å². The third kappa shape index (κ3) is 1.72. The van der Waals surface area contributed by atoms with E-state index in [1.807, 2.05) is 0 Å². The molecule has 170 valence electrons. The van der Waals surface area contributed by atoms with Crippen LogP contribution in [-0.2, 0) is 0 Å². The normalized spacial score (nSPS) is 61.3. The van der Waals surface area contributed by atoms with Gasteiger partial charge in [0.05, 0.1) is 0 Å². The standard InChI is InChI=1S/C30H50/c1-24(2)19-10-13-27(7,22(24)16-19)29(9)15-12-21-18-30(29,26(21,5)6)28(8)14-11-20-17-23(28)25(20,3)4/h19-23H,10-18H2,1-9H3/t19-,20-,21-,22-,23-,27+,28-,29+,30+/m1/s1. The Bertz CT molecular complexity index is 782. The molecule has 9 aliphatic carbocycles. The van der Waals surface area contributed by atoms with Crippen molar-refractivity contribution in [2.45, 2.75) is 120 Å². The van der Waals surface area contributed by atoms with Crippen molar-refractivity contribution in [1.29, 1.82) is 0 Å². The summed E-state index contributed by atoms with van der Waals surface area (Å²) in [6.07, 6.45) is 13.7. The van der Waals surface area contributed by atoms with Gasteiger partial charge in [-0.3, -0.25) is 0 Å². The summed E-state index contributed by atoms with van der Waals surface area (Å²) in [5.41, 5.74) is 3.78. The Morgan fingerprint density at radius 2 is 1.00 bits per heavy atom. The molecule has 0 unspecified atom stereocenters. The second kappa shape index (κ2) is 5.22. The molecule has 0 heteroatoms. The highest BCUT2D eigenvalue weighted by Crippen LogP contribution is 2.89. The van der Waals surface area contributed by atoms with Gasteiger partial charge in [-0.1, -0.05) is 62.3 Å². The van der Waals surface area contributed by atoms with Gasteiger partial charge >= 0.3 is 0 Å². The zero-order valence-corrected chi connectivity index (χ0v) is 21.8. The molecule has 30 heavy (non-hydrogen) atoms. The molecule has 0 amide bonds. The van der Waals surface area contributed by atoms with Crippen LogP contribution in [0.1, 0.15) is 120 Å². The topological polar surface area (TPSA) is 0 Å². The first-order valence-electron chi connectivity index (χ1n) is 13.7. The van der Waals surface area contributed by atoms with Crippen LogP contribution in [0.5, 0.6) is 0 Å². The Hall–Kier alpha value is 0. The molecule has 9 saturated carbocycles. The zero-order chi connectivity index (χ0) is 21.8. The Balaban J connectivity index is 1.53. The number of fused-ring (bicyclic) bond motifs is 7.